The molecule has 0 saturated heterocycles. The van der Waals surface area contributed by atoms with Crippen molar-refractivity contribution in [3.8, 4) is 17.9 Å². The second-order valence-corrected chi connectivity index (χ2v) is 5.50. The number of ether oxygens (including phenoxy) is 1. The van der Waals surface area contributed by atoms with Gasteiger partial charge in [-0.1, -0.05) is 0 Å². The second-order valence-electron chi connectivity index (χ2n) is 3.81. The molecule has 0 aliphatic heterocycles. The molecule has 0 unspecified atom stereocenters. The summed E-state index contributed by atoms with van der Waals surface area (Å²) in [5.41, 5.74) is -0.283. The number of nitrogens with zero attached hydrogens (tertiary/aromatic N) is 3. The highest BCUT2D eigenvalue weighted by molar-refractivity contribution is 7.92. The zero-order valence-electron chi connectivity index (χ0n) is 10.8. The molecule has 0 aliphatic carbocycles. The summed E-state index contributed by atoms with van der Waals surface area (Å²) in [5.74, 6) is 0.324. The molecule has 2 rings (SSSR count). The lowest BCUT2D eigenvalue weighted by atomic mass is 10.3. The van der Waals surface area contributed by atoms with Crippen molar-refractivity contribution in [2.45, 2.75) is 4.90 Å². The smallest absolute Gasteiger partial charge is 0.264 e. The van der Waals surface area contributed by atoms with E-state index in [2.05, 4.69) is 14.7 Å². The molecule has 0 amide bonds. The lowest BCUT2D eigenvalue weighted by Gasteiger charge is -2.06. The third-order valence-electron chi connectivity index (χ3n) is 2.52. The first-order valence-corrected chi connectivity index (χ1v) is 7.05. The number of hydrogen-bond acceptors (Lipinski definition) is 6. The fraction of sp³-hybridized carbons (Fsp3) is 0.0833. The number of nitrogens with one attached hydrogen (secondary N) is 2. The Morgan fingerprint density at radius 2 is 1.90 bits per heavy atom. The van der Waals surface area contributed by atoms with E-state index in [0.717, 1.165) is 0 Å². The van der Waals surface area contributed by atoms with Gasteiger partial charge in [0, 0.05) is 0 Å². The van der Waals surface area contributed by atoms with E-state index in [1.165, 1.54) is 31.4 Å². The molecule has 21 heavy (non-hydrogen) atoms. The molecule has 106 valence electrons. The number of methoxy groups -OCH3 is 1. The lowest BCUT2D eigenvalue weighted by Crippen LogP contribution is -2.13. The van der Waals surface area contributed by atoms with E-state index in [-0.39, 0.29) is 22.2 Å². The topological polar surface area (TPSA) is 132 Å². The molecular weight excluding hydrogens is 294 g/mol. The summed E-state index contributed by atoms with van der Waals surface area (Å²) < 4.78 is 31.3. The molecule has 1 heterocycles. The minimum absolute atomic E-state index is 0.00304. The number of H-pyrrole nitrogens is 1. The summed E-state index contributed by atoms with van der Waals surface area (Å²) >= 11 is 0. The van der Waals surface area contributed by atoms with Crippen LogP contribution in [0.3, 0.4) is 0 Å². The van der Waals surface area contributed by atoms with Gasteiger partial charge in [-0.15, -0.1) is 0 Å². The lowest BCUT2D eigenvalue weighted by molar-refractivity contribution is 0.414. The Kier molecular flexibility index (Phi) is 3.78. The van der Waals surface area contributed by atoms with E-state index >= 15 is 0 Å². The molecule has 0 aliphatic rings. The highest BCUT2D eigenvalue weighted by Crippen LogP contribution is 2.18. The quantitative estimate of drug-likeness (QED) is 0.864. The molecule has 8 nitrogen and oxygen atoms in total. The first kappa shape index (κ1) is 14.4. The minimum Gasteiger partial charge on any atom is -0.497 e. The van der Waals surface area contributed by atoms with Crippen LogP contribution in [-0.4, -0.2) is 25.5 Å². The molecule has 9 heteroatoms. The number of anilines is 1. The van der Waals surface area contributed by atoms with E-state index in [1.807, 2.05) is 0 Å². The predicted octanol–water partition coefficient (Wildman–Crippen LogP) is 0.962. The molecule has 2 N–H and O–H groups in total. The molecule has 0 fully saturated rings. The number of rotatable bonds is 4. The fourth-order valence-electron chi connectivity index (χ4n) is 1.52. The number of hydrogen-bond donors (Lipinski definition) is 2. The maximum atomic E-state index is 12.1. The SMILES string of the molecule is COc1ccc(S(=O)(=O)Nc2nc(C#N)c(C#N)[nH]2)cc1. The standard InChI is InChI=1S/C12H9N5O3S/c1-20-8-2-4-9(5-3-8)21(18,19)17-12-15-10(6-13)11(7-14)16-12/h2-5H,1H3,(H2,15,16,17). The van der Waals surface area contributed by atoms with Gasteiger partial charge in [0.1, 0.15) is 17.9 Å². The van der Waals surface area contributed by atoms with Gasteiger partial charge in [-0.05, 0) is 24.3 Å². The van der Waals surface area contributed by atoms with E-state index in [4.69, 9.17) is 15.3 Å². The van der Waals surface area contributed by atoms with Gasteiger partial charge in [0.15, 0.2) is 11.4 Å². The molecule has 0 bridgehead atoms. The third-order valence-corrected chi connectivity index (χ3v) is 3.88. The molecular formula is C12H9N5O3S. The van der Waals surface area contributed by atoms with E-state index < -0.39 is 10.0 Å². The Balaban J connectivity index is 2.31. The Labute approximate surface area is 120 Å². The molecule has 2 aromatic rings. The molecule has 1 aromatic carbocycles. The van der Waals surface area contributed by atoms with Crippen LogP contribution in [0.15, 0.2) is 29.2 Å². The number of nitriles is 2. The maximum absolute atomic E-state index is 12.1. The first-order chi connectivity index (χ1) is 10.00. The zero-order valence-corrected chi connectivity index (χ0v) is 11.6. The first-order valence-electron chi connectivity index (χ1n) is 5.57. The van der Waals surface area contributed by atoms with Crippen LogP contribution in [-0.2, 0) is 10.0 Å². The third kappa shape index (κ3) is 2.94. The zero-order chi connectivity index (χ0) is 15.5. The maximum Gasteiger partial charge on any atom is 0.264 e. The van der Waals surface area contributed by atoms with E-state index in [0.29, 0.717) is 5.75 Å². The van der Waals surface area contributed by atoms with Crippen molar-refractivity contribution in [3.63, 3.8) is 0 Å². The van der Waals surface area contributed by atoms with Gasteiger partial charge in [0.2, 0.25) is 5.95 Å². The fourth-order valence-corrected chi connectivity index (χ4v) is 2.49. The van der Waals surface area contributed by atoms with Crippen molar-refractivity contribution < 1.29 is 13.2 Å². The Morgan fingerprint density at radius 3 is 2.38 bits per heavy atom. The summed E-state index contributed by atoms with van der Waals surface area (Å²) in [4.78, 5) is 6.11. The molecule has 0 spiro atoms. The van der Waals surface area contributed by atoms with Crippen LogP contribution in [0.4, 0.5) is 5.95 Å². The van der Waals surface area contributed by atoms with Crippen molar-refractivity contribution in [2.75, 3.05) is 11.8 Å². The van der Waals surface area contributed by atoms with Gasteiger partial charge in [-0.25, -0.2) is 13.1 Å². The Morgan fingerprint density at radius 1 is 1.24 bits per heavy atom. The van der Waals surface area contributed by atoms with Crippen LogP contribution < -0.4 is 9.46 Å². The van der Waals surface area contributed by atoms with Crippen LogP contribution in [0, 0.1) is 22.7 Å². The molecule has 0 atom stereocenters. The summed E-state index contributed by atoms with van der Waals surface area (Å²) in [7, 11) is -2.41. The highest BCUT2D eigenvalue weighted by Gasteiger charge is 2.18. The summed E-state index contributed by atoms with van der Waals surface area (Å²) in [6.07, 6.45) is 0. The summed E-state index contributed by atoms with van der Waals surface area (Å²) in [6.45, 7) is 0. The summed E-state index contributed by atoms with van der Waals surface area (Å²) in [5, 5.41) is 17.5. The number of sulfonamides is 1. The van der Waals surface area contributed by atoms with E-state index in [9.17, 15) is 8.42 Å². The van der Waals surface area contributed by atoms with Crippen molar-refractivity contribution in [3.05, 3.63) is 35.7 Å². The monoisotopic (exact) mass is 303 g/mol. The average Bonchev–Trinajstić information content (AvgIpc) is 2.88. The molecule has 0 radical (unpaired) electrons. The van der Waals surface area contributed by atoms with Crippen molar-refractivity contribution >= 4 is 16.0 Å². The van der Waals surface area contributed by atoms with Crippen LogP contribution in [0.25, 0.3) is 0 Å². The minimum atomic E-state index is -3.88. The summed E-state index contributed by atoms with van der Waals surface area (Å²) in [6, 6.07) is 9.13. The van der Waals surface area contributed by atoms with Crippen molar-refractivity contribution in [1.29, 1.82) is 10.5 Å². The Bertz CT molecular complexity index is 809. The number of aromatic nitrogens is 2. The predicted molar refractivity (Wildman–Crippen MR) is 71.8 cm³/mol. The number of imidazole rings is 1. The van der Waals surface area contributed by atoms with Crippen LogP contribution >= 0.6 is 0 Å². The molecule has 0 saturated carbocycles. The second kappa shape index (κ2) is 5.53. The van der Waals surface area contributed by atoms with Crippen molar-refractivity contribution in [2.24, 2.45) is 0 Å². The highest BCUT2D eigenvalue weighted by atomic mass is 32.2. The van der Waals surface area contributed by atoms with Crippen molar-refractivity contribution in [1.82, 2.24) is 9.97 Å². The average molecular weight is 303 g/mol. The van der Waals surface area contributed by atoms with Crippen LogP contribution in [0.1, 0.15) is 11.4 Å². The van der Waals surface area contributed by atoms with Gasteiger partial charge in [0.25, 0.3) is 10.0 Å². The van der Waals surface area contributed by atoms with Gasteiger partial charge < -0.3 is 9.72 Å². The normalized spacial score (nSPS) is 10.4. The van der Waals surface area contributed by atoms with Gasteiger partial charge in [0.05, 0.1) is 12.0 Å². The van der Waals surface area contributed by atoms with Gasteiger partial charge in [-0.3, -0.25) is 0 Å². The van der Waals surface area contributed by atoms with Crippen LogP contribution in [0.2, 0.25) is 0 Å². The van der Waals surface area contributed by atoms with Gasteiger partial charge >= 0.3 is 0 Å². The number of benzene rings is 1. The van der Waals surface area contributed by atoms with E-state index in [1.54, 1.807) is 12.1 Å². The van der Waals surface area contributed by atoms with Gasteiger partial charge in [-0.2, -0.15) is 15.5 Å². The van der Waals surface area contributed by atoms with Crippen LogP contribution in [0.5, 0.6) is 5.75 Å². The Hall–Kier alpha value is -3.04. The largest absolute Gasteiger partial charge is 0.497 e. The molecule has 1 aromatic heterocycles. The number of aromatic amines is 1.